The van der Waals surface area contributed by atoms with Gasteiger partial charge in [0.15, 0.2) is 5.78 Å². The molecule has 2 amide bonds. The van der Waals surface area contributed by atoms with Crippen LogP contribution in [-0.2, 0) is 9.59 Å². The number of Topliss-reactive ketones (excluding diaryl/α,β-unsaturated/α-hetero) is 1. The number of benzene rings is 2. The summed E-state index contributed by atoms with van der Waals surface area (Å²) in [5.74, 6) is -0.296. The van der Waals surface area contributed by atoms with Crippen molar-refractivity contribution in [1.82, 2.24) is 4.90 Å². The highest BCUT2D eigenvalue weighted by atomic mass is 32.2. The van der Waals surface area contributed by atoms with Gasteiger partial charge in [-0.2, -0.15) is 0 Å². The second kappa shape index (κ2) is 11.0. The standard InChI is InChI=1S/C25H24N2O3S2/c1-17(15-19-7-4-3-5-8-19)16-22-24(30)27(25(31)32-22)14-6-9-23(29)26-21-12-10-20(11-13-21)18(2)28/h3-5,7-8,10-13,15-16H,6,9,14H2,1-2H3,(H,26,29)/b17-15+,22-16-. The number of nitrogens with one attached hydrogen (secondary N) is 1. The van der Waals surface area contributed by atoms with E-state index in [1.807, 2.05) is 49.4 Å². The SMILES string of the molecule is CC(=O)c1ccc(NC(=O)CCCN2C(=O)/C(=C/C(C)=C/c3ccccc3)SC2=S)cc1. The van der Waals surface area contributed by atoms with Crippen molar-refractivity contribution in [3.63, 3.8) is 0 Å². The van der Waals surface area contributed by atoms with Gasteiger partial charge in [-0.05, 0) is 61.7 Å². The summed E-state index contributed by atoms with van der Waals surface area (Å²) in [7, 11) is 0. The summed E-state index contributed by atoms with van der Waals surface area (Å²) in [5, 5.41) is 2.80. The van der Waals surface area contributed by atoms with E-state index in [4.69, 9.17) is 12.2 Å². The van der Waals surface area contributed by atoms with Crippen LogP contribution in [0, 0.1) is 0 Å². The van der Waals surface area contributed by atoms with Crippen LogP contribution in [0.5, 0.6) is 0 Å². The summed E-state index contributed by atoms with van der Waals surface area (Å²) >= 11 is 6.66. The molecule has 2 aromatic carbocycles. The van der Waals surface area contributed by atoms with E-state index < -0.39 is 0 Å². The van der Waals surface area contributed by atoms with Gasteiger partial charge >= 0.3 is 0 Å². The molecule has 7 heteroatoms. The first-order valence-corrected chi connectivity index (χ1v) is 11.5. The van der Waals surface area contributed by atoms with Crippen molar-refractivity contribution >= 4 is 57.7 Å². The number of carbonyl (C=O) groups excluding carboxylic acids is 3. The summed E-state index contributed by atoms with van der Waals surface area (Å²) in [6, 6.07) is 16.7. The van der Waals surface area contributed by atoms with Gasteiger partial charge in [0.25, 0.3) is 5.91 Å². The van der Waals surface area contributed by atoms with E-state index in [0.29, 0.717) is 33.4 Å². The summed E-state index contributed by atoms with van der Waals surface area (Å²) in [6.45, 7) is 3.84. The molecule has 0 aromatic heterocycles. The van der Waals surface area contributed by atoms with Crippen molar-refractivity contribution in [2.24, 2.45) is 0 Å². The Morgan fingerprint density at radius 2 is 1.75 bits per heavy atom. The maximum Gasteiger partial charge on any atom is 0.266 e. The maximum absolute atomic E-state index is 12.8. The molecule has 1 heterocycles. The molecule has 0 spiro atoms. The van der Waals surface area contributed by atoms with Crippen molar-refractivity contribution in [3.05, 3.63) is 82.3 Å². The molecule has 0 radical (unpaired) electrons. The number of thiocarbonyl (C=S) groups is 1. The van der Waals surface area contributed by atoms with Gasteiger partial charge in [-0.3, -0.25) is 19.3 Å². The van der Waals surface area contributed by atoms with Gasteiger partial charge in [0.1, 0.15) is 4.32 Å². The lowest BCUT2D eigenvalue weighted by atomic mass is 10.1. The third kappa shape index (κ3) is 6.48. The molecule has 0 aliphatic carbocycles. The minimum atomic E-state index is -0.150. The Labute approximate surface area is 197 Å². The topological polar surface area (TPSA) is 66.5 Å². The second-order valence-corrected chi connectivity index (χ2v) is 9.09. The smallest absolute Gasteiger partial charge is 0.266 e. The molecule has 0 saturated carbocycles. The van der Waals surface area contributed by atoms with Gasteiger partial charge in [0.2, 0.25) is 5.91 Å². The normalized spacial score (nSPS) is 15.4. The molecule has 1 saturated heterocycles. The zero-order valence-corrected chi connectivity index (χ0v) is 19.6. The third-order valence-electron chi connectivity index (χ3n) is 4.79. The van der Waals surface area contributed by atoms with Crippen molar-refractivity contribution in [2.45, 2.75) is 26.7 Å². The number of amides is 2. The molecule has 0 bridgehead atoms. The number of hydrogen-bond donors (Lipinski definition) is 1. The lowest BCUT2D eigenvalue weighted by Gasteiger charge is -2.14. The largest absolute Gasteiger partial charge is 0.326 e. The van der Waals surface area contributed by atoms with E-state index in [9.17, 15) is 14.4 Å². The Bertz CT molecular complexity index is 1090. The summed E-state index contributed by atoms with van der Waals surface area (Å²) in [6.07, 6.45) is 4.62. The fourth-order valence-corrected chi connectivity index (χ4v) is 4.52. The van der Waals surface area contributed by atoms with Crippen LogP contribution in [0.25, 0.3) is 6.08 Å². The number of nitrogens with zero attached hydrogens (tertiary/aromatic N) is 1. The first kappa shape index (κ1) is 23.6. The Morgan fingerprint density at radius 3 is 2.41 bits per heavy atom. The van der Waals surface area contributed by atoms with Crippen LogP contribution >= 0.6 is 24.0 Å². The summed E-state index contributed by atoms with van der Waals surface area (Å²) in [5.41, 5.74) is 3.26. The molecular weight excluding hydrogens is 440 g/mol. The predicted molar refractivity (Wildman–Crippen MR) is 134 cm³/mol. The molecule has 1 aliphatic heterocycles. The highest BCUT2D eigenvalue weighted by Crippen LogP contribution is 2.32. The molecule has 32 heavy (non-hydrogen) atoms. The van der Waals surface area contributed by atoms with Crippen molar-refractivity contribution in [2.75, 3.05) is 11.9 Å². The highest BCUT2D eigenvalue weighted by Gasteiger charge is 2.31. The van der Waals surface area contributed by atoms with Gasteiger partial charge in [0.05, 0.1) is 4.91 Å². The van der Waals surface area contributed by atoms with Gasteiger partial charge < -0.3 is 5.32 Å². The number of hydrogen-bond acceptors (Lipinski definition) is 5. The van der Waals surface area contributed by atoms with E-state index in [1.165, 1.54) is 18.7 Å². The second-order valence-electron chi connectivity index (χ2n) is 7.42. The van der Waals surface area contributed by atoms with Gasteiger partial charge in [-0.15, -0.1) is 0 Å². The van der Waals surface area contributed by atoms with E-state index >= 15 is 0 Å². The van der Waals surface area contributed by atoms with Crippen LogP contribution < -0.4 is 5.32 Å². The quantitative estimate of drug-likeness (QED) is 0.319. The monoisotopic (exact) mass is 464 g/mol. The van der Waals surface area contributed by atoms with Crippen LogP contribution in [0.1, 0.15) is 42.6 Å². The molecule has 0 unspecified atom stereocenters. The van der Waals surface area contributed by atoms with E-state index in [1.54, 1.807) is 29.2 Å². The molecule has 0 atom stereocenters. The van der Waals surface area contributed by atoms with E-state index in [-0.39, 0.29) is 24.0 Å². The van der Waals surface area contributed by atoms with Crippen molar-refractivity contribution in [1.29, 1.82) is 0 Å². The molecule has 1 fully saturated rings. The lowest BCUT2D eigenvalue weighted by molar-refractivity contribution is -0.122. The summed E-state index contributed by atoms with van der Waals surface area (Å²) in [4.78, 5) is 38.4. The molecule has 5 nitrogen and oxygen atoms in total. The number of carbonyl (C=O) groups is 3. The molecule has 2 aromatic rings. The van der Waals surface area contributed by atoms with Crippen molar-refractivity contribution in [3.8, 4) is 0 Å². The molecule has 1 N–H and O–H groups in total. The average Bonchev–Trinajstić information content (AvgIpc) is 3.02. The number of allylic oxidation sites excluding steroid dienone is 2. The van der Waals surface area contributed by atoms with Crippen LogP contribution in [-0.4, -0.2) is 33.4 Å². The third-order valence-corrected chi connectivity index (χ3v) is 6.16. The Morgan fingerprint density at radius 1 is 1.06 bits per heavy atom. The fraction of sp³-hybridized carbons (Fsp3) is 0.200. The van der Waals surface area contributed by atoms with Gasteiger partial charge in [0, 0.05) is 24.2 Å². The summed E-state index contributed by atoms with van der Waals surface area (Å²) < 4.78 is 0.508. The van der Waals surface area contributed by atoms with Crippen LogP contribution in [0.15, 0.2) is 71.2 Å². The van der Waals surface area contributed by atoms with Gasteiger partial charge in [-0.25, -0.2) is 0 Å². The first-order chi connectivity index (χ1) is 15.3. The number of rotatable bonds is 8. The Balaban J connectivity index is 1.51. The molecular formula is C25H24N2O3S2. The molecule has 164 valence electrons. The average molecular weight is 465 g/mol. The minimum Gasteiger partial charge on any atom is -0.326 e. The number of thioether (sulfide) groups is 1. The highest BCUT2D eigenvalue weighted by molar-refractivity contribution is 8.26. The van der Waals surface area contributed by atoms with Crippen LogP contribution in [0.2, 0.25) is 0 Å². The fourth-order valence-electron chi connectivity index (χ4n) is 3.16. The zero-order chi connectivity index (χ0) is 23.1. The Hall–Kier alpha value is -3.03. The number of ketones is 1. The van der Waals surface area contributed by atoms with Crippen LogP contribution in [0.3, 0.4) is 0 Å². The molecule has 3 rings (SSSR count). The lowest BCUT2D eigenvalue weighted by Crippen LogP contribution is -2.29. The maximum atomic E-state index is 12.8. The number of anilines is 1. The van der Waals surface area contributed by atoms with Crippen molar-refractivity contribution < 1.29 is 14.4 Å². The Kier molecular flexibility index (Phi) is 8.14. The van der Waals surface area contributed by atoms with E-state index in [2.05, 4.69) is 5.32 Å². The molecule has 1 aliphatic rings. The zero-order valence-electron chi connectivity index (χ0n) is 18.0. The first-order valence-electron chi connectivity index (χ1n) is 10.2. The van der Waals surface area contributed by atoms with Gasteiger partial charge in [-0.1, -0.05) is 60.4 Å². The minimum absolute atomic E-state index is 0.0221. The van der Waals surface area contributed by atoms with E-state index in [0.717, 1.165) is 11.1 Å². The predicted octanol–water partition coefficient (Wildman–Crippen LogP) is 5.46. The van der Waals surface area contributed by atoms with Crippen LogP contribution in [0.4, 0.5) is 5.69 Å².